The van der Waals surface area contributed by atoms with Crippen LogP contribution < -0.4 is 5.73 Å². The molecule has 0 bridgehead atoms. The fourth-order valence-corrected chi connectivity index (χ4v) is 4.23. The number of benzene rings is 1. The topological polar surface area (TPSA) is 58.6 Å². The van der Waals surface area contributed by atoms with Crippen molar-refractivity contribution in [2.24, 2.45) is 10.9 Å². The monoisotopic (exact) mass is 328 g/mol. The normalized spacial score (nSPS) is 17.9. The number of oxime groups is 1. The third kappa shape index (κ3) is 3.42. The van der Waals surface area contributed by atoms with E-state index in [2.05, 4.69) is 21.1 Å². The van der Waals surface area contributed by atoms with Crippen LogP contribution in [0.15, 0.2) is 32.7 Å². The van der Waals surface area contributed by atoms with Crippen LogP contribution >= 0.6 is 27.7 Å². The number of nitrogens with two attached hydrogens (primary N) is 1. The van der Waals surface area contributed by atoms with Crippen LogP contribution in [0.25, 0.3) is 0 Å². The summed E-state index contributed by atoms with van der Waals surface area (Å²) >= 11 is 5.40. The van der Waals surface area contributed by atoms with Gasteiger partial charge in [-0.25, -0.2) is 0 Å². The number of rotatable bonds is 3. The molecule has 0 saturated heterocycles. The van der Waals surface area contributed by atoms with Gasteiger partial charge in [-0.1, -0.05) is 24.4 Å². The zero-order valence-electron chi connectivity index (χ0n) is 10.1. The molecule has 5 heteroatoms. The average molecular weight is 329 g/mol. The molecule has 1 fully saturated rings. The van der Waals surface area contributed by atoms with E-state index in [-0.39, 0.29) is 5.84 Å². The molecule has 0 radical (unpaired) electrons. The Labute approximate surface area is 120 Å². The van der Waals surface area contributed by atoms with Crippen LogP contribution in [-0.4, -0.2) is 16.3 Å². The molecule has 0 aromatic heterocycles. The molecule has 18 heavy (non-hydrogen) atoms. The molecule has 98 valence electrons. The van der Waals surface area contributed by atoms with E-state index < -0.39 is 0 Å². The molecule has 3 nitrogen and oxygen atoms in total. The second-order valence-corrected chi connectivity index (χ2v) is 6.73. The minimum atomic E-state index is 0.135. The van der Waals surface area contributed by atoms with Gasteiger partial charge in [0.15, 0.2) is 5.84 Å². The van der Waals surface area contributed by atoms with Gasteiger partial charge in [-0.15, -0.1) is 11.8 Å². The Morgan fingerprint density at radius 3 is 2.67 bits per heavy atom. The lowest BCUT2D eigenvalue weighted by atomic mass is 10.0. The molecule has 1 aromatic carbocycles. The summed E-state index contributed by atoms with van der Waals surface area (Å²) in [5, 5.41) is 12.4. The lowest BCUT2D eigenvalue weighted by molar-refractivity contribution is 0.318. The summed E-state index contributed by atoms with van der Waals surface area (Å²) in [6, 6.07) is 5.98. The second-order valence-electron chi connectivity index (χ2n) is 4.50. The smallest absolute Gasteiger partial charge is 0.171 e. The number of thioether (sulfide) groups is 1. The highest BCUT2D eigenvalue weighted by molar-refractivity contribution is 9.10. The van der Waals surface area contributed by atoms with E-state index >= 15 is 0 Å². The minimum absolute atomic E-state index is 0.135. The number of hydrogen-bond donors (Lipinski definition) is 2. The molecule has 0 atom stereocenters. The first-order chi connectivity index (χ1) is 8.70. The lowest BCUT2D eigenvalue weighted by Gasteiger charge is -2.21. The fourth-order valence-electron chi connectivity index (χ4n) is 2.21. The standard InChI is InChI=1S/C13H17BrN2OS/c14-12-8-10(6-7-11(12)13(15)16-17)18-9-4-2-1-3-5-9/h6-9,17H,1-5H2,(H2,15,16). The predicted molar refractivity (Wildman–Crippen MR) is 79.4 cm³/mol. The van der Waals surface area contributed by atoms with Gasteiger partial charge in [-0.3, -0.25) is 0 Å². The first-order valence-corrected chi connectivity index (χ1v) is 7.82. The Kier molecular flexibility index (Phi) is 4.95. The van der Waals surface area contributed by atoms with E-state index in [1.165, 1.54) is 37.0 Å². The fraction of sp³-hybridized carbons (Fsp3) is 0.462. The number of hydrogen-bond acceptors (Lipinski definition) is 3. The molecule has 3 N–H and O–H groups in total. The summed E-state index contributed by atoms with van der Waals surface area (Å²) in [6.07, 6.45) is 6.69. The van der Waals surface area contributed by atoms with E-state index in [0.717, 1.165) is 15.3 Å². The predicted octanol–water partition coefficient (Wildman–Crippen LogP) is 3.97. The van der Waals surface area contributed by atoms with E-state index in [4.69, 9.17) is 10.9 Å². The van der Waals surface area contributed by atoms with Crippen molar-refractivity contribution in [3.05, 3.63) is 28.2 Å². The highest BCUT2D eigenvalue weighted by Gasteiger charge is 2.15. The Hall–Kier alpha value is -0.680. The maximum atomic E-state index is 8.68. The van der Waals surface area contributed by atoms with Crippen molar-refractivity contribution < 1.29 is 5.21 Å². The van der Waals surface area contributed by atoms with Crippen molar-refractivity contribution in [3.8, 4) is 0 Å². The Morgan fingerprint density at radius 1 is 1.33 bits per heavy atom. The molecule has 2 rings (SSSR count). The summed E-state index contributed by atoms with van der Waals surface area (Å²) in [6.45, 7) is 0. The SMILES string of the molecule is N/C(=N/O)c1ccc(SC2CCCCC2)cc1Br. The minimum Gasteiger partial charge on any atom is -0.409 e. The summed E-state index contributed by atoms with van der Waals surface area (Å²) in [5.41, 5.74) is 6.32. The summed E-state index contributed by atoms with van der Waals surface area (Å²) < 4.78 is 0.874. The molecule has 1 aromatic rings. The molecule has 1 saturated carbocycles. The third-order valence-electron chi connectivity index (χ3n) is 3.18. The van der Waals surface area contributed by atoms with Gasteiger partial charge in [0.05, 0.1) is 0 Å². The van der Waals surface area contributed by atoms with E-state index in [9.17, 15) is 0 Å². The maximum Gasteiger partial charge on any atom is 0.171 e. The van der Waals surface area contributed by atoms with E-state index in [1.54, 1.807) is 0 Å². The Bertz CT molecular complexity index is 445. The van der Waals surface area contributed by atoms with Gasteiger partial charge in [-0.2, -0.15) is 0 Å². The van der Waals surface area contributed by atoms with Gasteiger partial charge in [0.25, 0.3) is 0 Å². The van der Waals surface area contributed by atoms with Crippen LogP contribution in [0.2, 0.25) is 0 Å². The molecule has 0 unspecified atom stereocenters. The molecule has 0 heterocycles. The molecule has 1 aliphatic rings. The summed E-state index contributed by atoms with van der Waals surface area (Å²) in [4.78, 5) is 1.24. The van der Waals surface area contributed by atoms with Gasteiger partial charge in [-0.05, 0) is 47.0 Å². The molecule has 0 amide bonds. The van der Waals surface area contributed by atoms with Crippen molar-refractivity contribution in [2.75, 3.05) is 0 Å². The van der Waals surface area contributed by atoms with Crippen LogP contribution in [0.3, 0.4) is 0 Å². The van der Waals surface area contributed by atoms with Crippen LogP contribution in [-0.2, 0) is 0 Å². The first kappa shape index (κ1) is 13.7. The second kappa shape index (κ2) is 6.48. The highest BCUT2D eigenvalue weighted by atomic mass is 79.9. The van der Waals surface area contributed by atoms with Crippen LogP contribution in [0.5, 0.6) is 0 Å². The van der Waals surface area contributed by atoms with Crippen molar-refractivity contribution in [1.29, 1.82) is 0 Å². The van der Waals surface area contributed by atoms with Gasteiger partial charge in [0.2, 0.25) is 0 Å². The van der Waals surface area contributed by atoms with E-state index in [1.807, 2.05) is 30.0 Å². The van der Waals surface area contributed by atoms with Crippen LogP contribution in [0.4, 0.5) is 0 Å². The lowest BCUT2D eigenvalue weighted by Crippen LogP contribution is -2.13. The number of amidine groups is 1. The molecule has 0 spiro atoms. The summed E-state index contributed by atoms with van der Waals surface area (Å²) in [7, 11) is 0. The number of nitrogens with zero attached hydrogens (tertiary/aromatic N) is 1. The zero-order chi connectivity index (χ0) is 13.0. The molecular weight excluding hydrogens is 312 g/mol. The van der Waals surface area contributed by atoms with Crippen LogP contribution in [0.1, 0.15) is 37.7 Å². The van der Waals surface area contributed by atoms with Crippen molar-refractivity contribution in [1.82, 2.24) is 0 Å². The molecule has 0 aliphatic heterocycles. The van der Waals surface area contributed by atoms with E-state index in [0.29, 0.717) is 0 Å². The largest absolute Gasteiger partial charge is 0.409 e. The van der Waals surface area contributed by atoms with Gasteiger partial charge in [0, 0.05) is 20.2 Å². The van der Waals surface area contributed by atoms with Gasteiger partial charge < -0.3 is 10.9 Å². The van der Waals surface area contributed by atoms with Crippen molar-refractivity contribution >= 4 is 33.5 Å². The van der Waals surface area contributed by atoms with Gasteiger partial charge in [0.1, 0.15) is 0 Å². The van der Waals surface area contributed by atoms with Crippen molar-refractivity contribution in [2.45, 2.75) is 42.2 Å². The Balaban J connectivity index is 2.08. The van der Waals surface area contributed by atoms with Crippen LogP contribution in [0, 0.1) is 0 Å². The third-order valence-corrected chi connectivity index (χ3v) is 5.17. The summed E-state index contributed by atoms with van der Waals surface area (Å²) in [5.74, 6) is 0.135. The highest BCUT2D eigenvalue weighted by Crippen LogP contribution is 2.35. The molecule has 1 aliphatic carbocycles. The first-order valence-electron chi connectivity index (χ1n) is 6.15. The molecular formula is C13H17BrN2OS. The number of halogens is 1. The maximum absolute atomic E-state index is 8.68. The van der Waals surface area contributed by atoms with Crippen molar-refractivity contribution in [3.63, 3.8) is 0 Å². The zero-order valence-corrected chi connectivity index (χ0v) is 12.5. The quantitative estimate of drug-likeness (QED) is 0.382. The average Bonchev–Trinajstić information content (AvgIpc) is 2.39. The van der Waals surface area contributed by atoms with Gasteiger partial charge >= 0.3 is 0 Å². The Morgan fingerprint density at radius 2 is 2.06 bits per heavy atom.